The molecule has 0 unspecified atom stereocenters. The second-order valence-corrected chi connectivity index (χ2v) is 7.97. The van der Waals surface area contributed by atoms with E-state index in [1.807, 2.05) is 18.2 Å². The third-order valence-corrected chi connectivity index (χ3v) is 5.58. The van der Waals surface area contributed by atoms with Gasteiger partial charge in [-0.05, 0) is 36.5 Å². The third kappa shape index (κ3) is 5.12. The molecule has 0 radical (unpaired) electrons. The first-order valence-electron chi connectivity index (χ1n) is 10.3. The monoisotopic (exact) mass is 396 g/mol. The smallest absolute Gasteiger partial charge is 0.269 e. The summed E-state index contributed by atoms with van der Waals surface area (Å²) < 4.78 is 0. The van der Waals surface area contributed by atoms with E-state index in [1.165, 1.54) is 23.3 Å². The predicted molar refractivity (Wildman–Crippen MR) is 110 cm³/mol. The zero-order chi connectivity index (χ0) is 20.3. The molecule has 2 aliphatic rings. The molecule has 1 saturated carbocycles. The molecule has 154 valence electrons. The van der Waals surface area contributed by atoms with Crippen molar-refractivity contribution < 1.29 is 15.0 Å². The average molecular weight is 396 g/mol. The molecule has 29 heavy (non-hydrogen) atoms. The summed E-state index contributed by atoms with van der Waals surface area (Å²) in [4.78, 5) is 20.5. The van der Waals surface area contributed by atoms with Gasteiger partial charge in [0.2, 0.25) is 5.91 Å². The molecule has 0 atom stereocenters. The van der Waals surface area contributed by atoms with Crippen molar-refractivity contribution in [1.29, 1.82) is 0 Å². The van der Waals surface area contributed by atoms with E-state index in [9.17, 15) is 15.0 Å². The number of carbonyl (C=O) groups is 1. The lowest BCUT2D eigenvalue weighted by Crippen LogP contribution is -2.50. The van der Waals surface area contributed by atoms with E-state index in [0.29, 0.717) is 43.6 Å². The summed E-state index contributed by atoms with van der Waals surface area (Å²) in [5.41, 5.74) is 1.49. The lowest BCUT2D eigenvalue weighted by atomic mass is 10.2. The zero-order valence-corrected chi connectivity index (χ0v) is 16.5. The standard InChI is InChI=1S/C22H28N4O3/c27-21(23-15-17-9-10-17)19-7-4-8-20(24-19)26-14-13-25(12-11-22(26,28)29)16-18-5-2-1-3-6-18/h1-8,17,28-29H,9-16H2,(H,23,27). The maximum Gasteiger partial charge on any atom is 0.269 e. The molecule has 1 aromatic heterocycles. The number of rotatable bonds is 6. The van der Waals surface area contributed by atoms with Gasteiger partial charge < -0.3 is 20.4 Å². The van der Waals surface area contributed by atoms with E-state index in [-0.39, 0.29) is 12.3 Å². The summed E-state index contributed by atoms with van der Waals surface area (Å²) in [6.45, 7) is 3.05. The summed E-state index contributed by atoms with van der Waals surface area (Å²) >= 11 is 0. The minimum absolute atomic E-state index is 0.166. The van der Waals surface area contributed by atoms with Gasteiger partial charge in [-0.3, -0.25) is 9.69 Å². The fraction of sp³-hybridized carbons (Fsp3) is 0.455. The largest absolute Gasteiger partial charge is 0.350 e. The minimum Gasteiger partial charge on any atom is -0.350 e. The highest BCUT2D eigenvalue weighted by Gasteiger charge is 2.36. The first kappa shape index (κ1) is 19.8. The van der Waals surface area contributed by atoms with Gasteiger partial charge in [-0.2, -0.15) is 0 Å². The Morgan fingerprint density at radius 2 is 1.86 bits per heavy atom. The van der Waals surface area contributed by atoms with Crippen LogP contribution in [0.15, 0.2) is 48.5 Å². The van der Waals surface area contributed by atoms with Crippen molar-refractivity contribution in [2.75, 3.05) is 31.1 Å². The number of pyridine rings is 1. The summed E-state index contributed by atoms with van der Waals surface area (Å²) in [6, 6.07) is 15.2. The van der Waals surface area contributed by atoms with Crippen molar-refractivity contribution in [3.63, 3.8) is 0 Å². The van der Waals surface area contributed by atoms with E-state index in [4.69, 9.17) is 0 Å². The van der Waals surface area contributed by atoms with Crippen LogP contribution in [0.3, 0.4) is 0 Å². The topological polar surface area (TPSA) is 88.9 Å². The van der Waals surface area contributed by atoms with Crippen LogP contribution in [0.2, 0.25) is 0 Å². The highest BCUT2D eigenvalue weighted by atomic mass is 16.5. The number of aromatic nitrogens is 1. The van der Waals surface area contributed by atoms with E-state index in [0.717, 1.165) is 6.54 Å². The van der Waals surface area contributed by atoms with Crippen LogP contribution in [-0.2, 0) is 6.54 Å². The molecule has 2 fully saturated rings. The summed E-state index contributed by atoms with van der Waals surface area (Å²) in [6.07, 6.45) is 2.50. The van der Waals surface area contributed by atoms with Crippen LogP contribution in [0.25, 0.3) is 0 Å². The van der Waals surface area contributed by atoms with Gasteiger partial charge in [0.25, 0.3) is 5.91 Å². The van der Waals surface area contributed by atoms with Crippen molar-refractivity contribution in [3.05, 3.63) is 59.8 Å². The zero-order valence-electron chi connectivity index (χ0n) is 16.5. The van der Waals surface area contributed by atoms with Crippen molar-refractivity contribution in [3.8, 4) is 0 Å². The molecule has 2 aromatic rings. The second-order valence-electron chi connectivity index (χ2n) is 7.97. The molecule has 7 nitrogen and oxygen atoms in total. The lowest BCUT2D eigenvalue weighted by Gasteiger charge is -2.34. The highest BCUT2D eigenvalue weighted by Crippen LogP contribution is 2.28. The van der Waals surface area contributed by atoms with Gasteiger partial charge in [-0.25, -0.2) is 4.98 Å². The van der Waals surface area contributed by atoms with E-state index >= 15 is 0 Å². The van der Waals surface area contributed by atoms with Gasteiger partial charge in [0, 0.05) is 39.1 Å². The molecule has 1 amide bonds. The quantitative estimate of drug-likeness (QED) is 0.643. The van der Waals surface area contributed by atoms with Crippen LogP contribution in [0.4, 0.5) is 5.82 Å². The molecular formula is C22H28N4O3. The van der Waals surface area contributed by atoms with Gasteiger partial charge >= 0.3 is 0 Å². The van der Waals surface area contributed by atoms with Gasteiger partial charge in [-0.15, -0.1) is 0 Å². The number of hydrogen-bond acceptors (Lipinski definition) is 6. The Hall–Kier alpha value is -2.48. The van der Waals surface area contributed by atoms with Gasteiger partial charge in [-0.1, -0.05) is 36.4 Å². The number of carbonyl (C=O) groups excluding carboxylic acids is 1. The highest BCUT2D eigenvalue weighted by molar-refractivity contribution is 5.92. The van der Waals surface area contributed by atoms with Crippen LogP contribution in [-0.4, -0.2) is 58.1 Å². The average Bonchev–Trinajstić information content (AvgIpc) is 3.56. The van der Waals surface area contributed by atoms with Crippen LogP contribution in [0.5, 0.6) is 0 Å². The number of nitrogens with one attached hydrogen (secondary N) is 1. The molecule has 0 bridgehead atoms. The fourth-order valence-electron chi connectivity index (χ4n) is 3.62. The summed E-state index contributed by atoms with van der Waals surface area (Å²) in [7, 11) is 0. The first-order chi connectivity index (χ1) is 14.0. The predicted octanol–water partition coefficient (Wildman–Crippen LogP) is 1.57. The summed E-state index contributed by atoms with van der Waals surface area (Å²) in [5, 5.41) is 24.3. The molecule has 1 aliphatic heterocycles. The molecule has 7 heteroatoms. The fourth-order valence-corrected chi connectivity index (χ4v) is 3.62. The van der Waals surface area contributed by atoms with Gasteiger partial charge in [0.15, 0.2) is 0 Å². The van der Waals surface area contributed by atoms with Crippen molar-refractivity contribution in [1.82, 2.24) is 15.2 Å². The minimum atomic E-state index is -2.01. The molecule has 1 saturated heterocycles. The number of hydrogen-bond donors (Lipinski definition) is 3. The Bertz CT molecular complexity index is 839. The number of nitrogens with zero attached hydrogens (tertiary/aromatic N) is 3. The Morgan fingerprint density at radius 1 is 1.07 bits per heavy atom. The van der Waals surface area contributed by atoms with E-state index < -0.39 is 5.91 Å². The second kappa shape index (κ2) is 8.49. The molecular weight excluding hydrogens is 368 g/mol. The Labute approximate surface area is 171 Å². The molecule has 1 aliphatic carbocycles. The van der Waals surface area contributed by atoms with E-state index in [2.05, 4.69) is 27.3 Å². The van der Waals surface area contributed by atoms with Crippen molar-refractivity contribution in [2.45, 2.75) is 31.7 Å². The normalized spacial score (nSPS) is 19.6. The maximum absolute atomic E-state index is 12.4. The number of benzene rings is 1. The molecule has 1 aromatic carbocycles. The van der Waals surface area contributed by atoms with E-state index in [1.54, 1.807) is 18.2 Å². The molecule has 4 rings (SSSR count). The Morgan fingerprint density at radius 3 is 2.62 bits per heavy atom. The van der Waals surface area contributed by atoms with Crippen LogP contribution in [0.1, 0.15) is 35.3 Å². The number of amides is 1. The van der Waals surface area contributed by atoms with Crippen LogP contribution < -0.4 is 10.2 Å². The number of aliphatic hydroxyl groups is 2. The maximum atomic E-state index is 12.4. The third-order valence-electron chi connectivity index (χ3n) is 5.58. The molecule has 0 spiro atoms. The number of anilines is 1. The first-order valence-corrected chi connectivity index (χ1v) is 10.3. The molecule has 2 heterocycles. The SMILES string of the molecule is O=C(NCC1CC1)c1cccc(N2CCN(Cc3ccccc3)CCC2(O)O)n1. The lowest BCUT2D eigenvalue weighted by molar-refractivity contribution is -0.163. The van der Waals surface area contributed by atoms with Crippen molar-refractivity contribution in [2.24, 2.45) is 5.92 Å². The van der Waals surface area contributed by atoms with Gasteiger partial charge in [0.05, 0.1) is 0 Å². The van der Waals surface area contributed by atoms with Crippen LogP contribution in [0, 0.1) is 5.92 Å². The van der Waals surface area contributed by atoms with Crippen LogP contribution >= 0.6 is 0 Å². The van der Waals surface area contributed by atoms with Gasteiger partial charge in [0.1, 0.15) is 11.5 Å². The Kier molecular flexibility index (Phi) is 5.80. The van der Waals surface area contributed by atoms with Crippen molar-refractivity contribution >= 4 is 11.7 Å². The summed E-state index contributed by atoms with van der Waals surface area (Å²) in [5.74, 6) is -1.25. The Balaban J connectivity index is 1.45. The molecule has 3 N–H and O–H groups in total.